The molecule has 0 fully saturated rings. The van der Waals surface area contributed by atoms with Crippen LogP contribution >= 0.6 is 0 Å². The highest BCUT2D eigenvalue weighted by molar-refractivity contribution is 6.08. The Morgan fingerprint density at radius 1 is 1.03 bits per heavy atom. The van der Waals surface area contributed by atoms with Crippen LogP contribution in [0.5, 0.6) is 11.5 Å². The molecule has 1 heterocycles. The maximum atomic E-state index is 13.4. The fourth-order valence-electron chi connectivity index (χ4n) is 4.53. The van der Waals surface area contributed by atoms with Crippen LogP contribution in [0, 0.1) is 10.1 Å². The van der Waals surface area contributed by atoms with Crippen molar-refractivity contribution in [1.82, 2.24) is 0 Å². The van der Waals surface area contributed by atoms with Crippen molar-refractivity contribution >= 4 is 23.1 Å². The Kier molecular flexibility index (Phi) is 5.46. The van der Waals surface area contributed by atoms with Crippen molar-refractivity contribution in [2.45, 2.75) is 31.6 Å². The van der Waals surface area contributed by atoms with Gasteiger partial charge in [0.05, 0.1) is 19.1 Å². The quantitative estimate of drug-likeness (QED) is 0.530. The minimum atomic E-state index is -0.509. The van der Waals surface area contributed by atoms with Gasteiger partial charge in [-0.25, -0.2) is 0 Å². The van der Waals surface area contributed by atoms with Crippen LogP contribution in [-0.4, -0.2) is 30.8 Å². The number of nitro benzene ring substituents is 1. The number of rotatable bonds is 5. The van der Waals surface area contributed by atoms with Gasteiger partial charge in [-0.1, -0.05) is 24.3 Å². The molecule has 31 heavy (non-hydrogen) atoms. The van der Waals surface area contributed by atoms with Gasteiger partial charge in [0.15, 0.2) is 17.3 Å². The molecule has 0 bridgehead atoms. The molecule has 1 amide bonds. The van der Waals surface area contributed by atoms with Gasteiger partial charge in [0.25, 0.3) is 5.69 Å². The average molecular weight is 422 g/mol. The molecular formula is C23H22N2O6. The summed E-state index contributed by atoms with van der Waals surface area (Å²) in [5.74, 6) is 0.148. The maximum Gasteiger partial charge on any atom is 0.293 e. The van der Waals surface area contributed by atoms with E-state index in [-0.39, 0.29) is 29.5 Å². The number of carbonyl (C=O) groups is 2. The lowest BCUT2D eigenvalue weighted by Crippen LogP contribution is -2.40. The molecule has 0 N–H and O–H groups in total. The van der Waals surface area contributed by atoms with E-state index in [9.17, 15) is 19.7 Å². The topological polar surface area (TPSA) is 99.0 Å². The van der Waals surface area contributed by atoms with Gasteiger partial charge in [0.1, 0.15) is 5.69 Å². The third kappa shape index (κ3) is 3.43. The smallest absolute Gasteiger partial charge is 0.293 e. The van der Waals surface area contributed by atoms with E-state index in [1.807, 2.05) is 6.07 Å². The van der Waals surface area contributed by atoms with Crippen LogP contribution in [-0.2, 0) is 9.59 Å². The predicted molar refractivity (Wildman–Crippen MR) is 113 cm³/mol. The molecule has 0 saturated heterocycles. The number of ketones is 1. The van der Waals surface area contributed by atoms with Crippen molar-refractivity contribution in [2.75, 3.05) is 19.1 Å². The molecule has 0 radical (unpaired) electrons. The standard InChI is InChI=1S/C23H22N2O6/c1-30-20-12-5-7-14(23(20)31-2)15-13-21(27)24(18-10-6-11-19(26)22(15)18)16-8-3-4-9-17(16)25(28)29/h3-5,7-9,12,15H,6,10-11,13H2,1-2H3. The summed E-state index contributed by atoms with van der Waals surface area (Å²) in [6.45, 7) is 0. The lowest BCUT2D eigenvalue weighted by molar-refractivity contribution is -0.384. The third-order valence-corrected chi connectivity index (χ3v) is 5.80. The first-order chi connectivity index (χ1) is 15.0. The fourth-order valence-corrected chi connectivity index (χ4v) is 4.53. The van der Waals surface area contributed by atoms with Crippen molar-refractivity contribution in [2.24, 2.45) is 0 Å². The van der Waals surface area contributed by atoms with E-state index in [0.717, 1.165) is 0 Å². The van der Waals surface area contributed by atoms with Crippen molar-refractivity contribution in [3.8, 4) is 11.5 Å². The SMILES string of the molecule is COc1cccc(C2CC(=O)N(c3ccccc3[N+](=O)[O-])C3=C2C(=O)CCC3)c1OC. The molecule has 2 aliphatic rings. The van der Waals surface area contributed by atoms with Crippen LogP contribution in [0.15, 0.2) is 53.7 Å². The van der Waals surface area contributed by atoms with Crippen LogP contribution in [0.4, 0.5) is 11.4 Å². The number of methoxy groups -OCH3 is 2. The Morgan fingerprint density at radius 3 is 2.52 bits per heavy atom. The van der Waals surface area contributed by atoms with Gasteiger partial charge in [0.2, 0.25) is 5.91 Å². The second-order valence-corrected chi connectivity index (χ2v) is 7.45. The summed E-state index contributed by atoms with van der Waals surface area (Å²) in [6.07, 6.45) is 1.45. The molecule has 2 aromatic rings. The molecule has 8 heteroatoms. The predicted octanol–water partition coefficient (Wildman–Crippen LogP) is 4.14. The van der Waals surface area contributed by atoms with E-state index in [0.29, 0.717) is 47.6 Å². The van der Waals surface area contributed by atoms with E-state index in [1.165, 1.54) is 25.2 Å². The summed E-state index contributed by atoms with van der Waals surface area (Å²) in [5, 5.41) is 11.6. The number of carbonyl (C=O) groups excluding carboxylic acids is 2. The molecule has 1 aliphatic heterocycles. The van der Waals surface area contributed by atoms with Crippen molar-refractivity contribution in [1.29, 1.82) is 0 Å². The third-order valence-electron chi connectivity index (χ3n) is 5.80. The normalized spacial score (nSPS) is 18.6. The summed E-state index contributed by atoms with van der Waals surface area (Å²) >= 11 is 0. The van der Waals surface area contributed by atoms with Crippen molar-refractivity contribution in [3.05, 3.63) is 69.4 Å². The molecule has 1 aliphatic carbocycles. The monoisotopic (exact) mass is 422 g/mol. The molecule has 4 rings (SSSR count). The summed E-state index contributed by atoms with van der Waals surface area (Å²) in [7, 11) is 3.05. The number of Topliss-reactive ketones (excluding diaryl/α,β-unsaturated/α-hetero) is 1. The van der Waals surface area contributed by atoms with E-state index in [2.05, 4.69) is 0 Å². The number of allylic oxidation sites excluding steroid dienone is 2. The summed E-state index contributed by atoms with van der Waals surface area (Å²) < 4.78 is 11.0. The summed E-state index contributed by atoms with van der Waals surface area (Å²) in [5.41, 5.74) is 1.78. The van der Waals surface area contributed by atoms with E-state index in [4.69, 9.17) is 9.47 Å². The Bertz CT molecular complexity index is 1110. The number of nitro groups is 1. The largest absolute Gasteiger partial charge is 0.493 e. The van der Waals surface area contributed by atoms with Gasteiger partial charge in [-0.2, -0.15) is 0 Å². The van der Waals surface area contributed by atoms with Crippen LogP contribution < -0.4 is 14.4 Å². The lowest BCUT2D eigenvalue weighted by Gasteiger charge is -2.38. The van der Waals surface area contributed by atoms with E-state index < -0.39 is 10.8 Å². The number of ether oxygens (including phenoxy) is 2. The number of hydrogen-bond donors (Lipinski definition) is 0. The number of para-hydroxylation sites is 3. The maximum absolute atomic E-state index is 13.4. The minimum absolute atomic E-state index is 0.000148. The fraction of sp³-hybridized carbons (Fsp3) is 0.304. The second kappa shape index (κ2) is 8.22. The molecule has 160 valence electrons. The zero-order valence-electron chi connectivity index (χ0n) is 17.3. The summed E-state index contributed by atoms with van der Waals surface area (Å²) in [4.78, 5) is 38.9. The van der Waals surface area contributed by atoms with Gasteiger partial charge in [-0.15, -0.1) is 0 Å². The number of nitrogens with zero attached hydrogens (tertiary/aromatic N) is 2. The van der Waals surface area contributed by atoms with E-state index >= 15 is 0 Å². The van der Waals surface area contributed by atoms with Crippen LogP contribution in [0.2, 0.25) is 0 Å². The zero-order chi connectivity index (χ0) is 22.1. The second-order valence-electron chi connectivity index (χ2n) is 7.45. The number of benzene rings is 2. The van der Waals surface area contributed by atoms with Crippen molar-refractivity contribution < 1.29 is 24.0 Å². The number of hydrogen-bond acceptors (Lipinski definition) is 6. The van der Waals surface area contributed by atoms with Crippen LogP contribution in [0.3, 0.4) is 0 Å². The van der Waals surface area contributed by atoms with Gasteiger partial charge >= 0.3 is 0 Å². The molecule has 8 nitrogen and oxygen atoms in total. The first-order valence-electron chi connectivity index (χ1n) is 10.0. The average Bonchev–Trinajstić information content (AvgIpc) is 2.78. The van der Waals surface area contributed by atoms with Gasteiger partial charge in [-0.3, -0.25) is 24.6 Å². The molecule has 1 unspecified atom stereocenters. The Morgan fingerprint density at radius 2 is 1.81 bits per heavy atom. The van der Waals surface area contributed by atoms with Crippen molar-refractivity contribution in [3.63, 3.8) is 0 Å². The van der Waals surface area contributed by atoms with Gasteiger partial charge in [-0.05, 0) is 25.0 Å². The first kappa shape index (κ1) is 20.6. The van der Waals surface area contributed by atoms with Gasteiger partial charge in [0, 0.05) is 41.7 Å². The first-order valence-corrected chi connectivity index (χ1v) is 10.0. The molecule has 0 aromatic heterocycles. The molecular weight excluding hydrogens is 400 g/mol. The molecule has 2 aromatic carbocycles. The Balaban J connectivity index is 1.93. The zero-order valence-corrected chi connectivity index (χ0v) is 17.3. The Labute approximate surface area is 179 Å². The highest BCUT2D eigenvalue weighted by Gasteiger charge is 2.42. The molecule has 1 atom stereocenters. The summed E-state index contributed by atoms with van der Waals surface area (Å²) in [6, 6.07) is 11.5. The van der Waals surface area contributed by atoms with Gasteiger partial charge < -0.3 is 9.47 Å². The minimum Gasteiger partial charge on any atom is -0.493 e. The lowest BCUT2D eigenvalue weighted by atomic mass is 9.76. The van der Waals surface area contributed by atoms with E-state index in [1.54, 1.807) is 30.3 Å². The number of anilines is 1. The molecule has 0 spiro atoms. The molecule has 0 saturated carbocycles. The van der Waals surface area contributed by atoms with Crippen LogP contribution in [0.1, 0.15) is 37.2 Å². The highest BCUT2D eigenvalue weighted by Crippen LogP contribution is 2.48. The van der Waals surface area contributed by atoms with Crippen LogP contribution in [0.25, 0.3) is 0 Å². The Hall–Kier alpha value is -3.68. The number of amides is 1. The highest BCUT2D eigenvalue weighted by atomic mass is 16.6.